The summed E-state index contributed by atoms with van der Waals surface area (Å²) in [5, 5.41) is 4.11. The Morgan fingerprint density at radius 1 is 1.50 bits per heavy atom. The van der Waals surface area contributed by atoms with Gasteiger partial charge in [0.2, 0.25) is 0 Å². The summed E-state index contributed by atoms with van der Waals surface area (Å²) >= 11 is 5.35. The smallest absolute Gasteiger partial charge is 0.147 e. The molecule has 1 saturated heterocycles. The van der Waals surface area contributed by atoms with E-state index in [1.54, 1.807) is 6.07 Å². The standard InChI is InChI=1S/C17H20FN3S/c1-3-6-20-7-4-17(22)13-9-14(18)16(10-15(13)20)21-8-5-19-11-12(21)2/h3-4,7,9-10,12,19H,1,5-6,8,11H2,2H3. The number of nitrogens with zero attached hydrogens (tertiary/aromatic N) is 2. The summed E-state index contributed by atoms with van der Waals surface area (Å²) in [4.78, 5) is 2.12. The summed E-state index contributed by atoms with van der Waals surface area (Å²) < 4.78 is 17.4. The molecule has 5 heteroatoms. The normalized spacial score (nSPS) is 18.6. The van der Waals surface area contributed by atoms with E-state index in [1.165, 1.54) is 0 Å². The number of pyridine rings is 1. The number of benzene rings is 1. The van der Waals surface area contributed by atoms with Crippen LogP contribution in [0, 0.1) is 10.3 Å². The first kappa shape index (κ1) is 15.2. The average molecular weight is 317 g/mol. The lowest BCUT2D eigenvalue weighted by molar-refractivity contribution is 0.491. The second-order valence-corrected chi connectivity index (χ2v) is 6.13. The molecule has 0 radical (unpaired) electrons. The minimum absolute atomic E-state index is 0.205. The predicted octanol–water partition coefficient (Wildman–Crippen LogP) is 3.49. The molecule has 0 saturated carbocycles. The zero-order valence-electron chi connectivity index (χ0n) is 12.7. The van der Waals surface area contributed by atoms with Crippen molar-refractivity contribution in [3.8, 4) is 0 Å². The number of fused-ring (bicyclic) bond motifs is 1. The Balaban J connectivity index is 2.19. The van der Waals surface area contributed by atoms with Gasteiger partial charge in [-0.1, -0.05) is 18.3 Å². The van der Waals surface area contributed by atoms with Gasteiger partial charge >= 0.3 is 0 Å². The van der Waals surface area contributed by atoms with Gasteiger partial charge in [-0.2, -0.15) is 0 Å². The number of rotatable bonds is 3. The fraction of sp³-hybridized carbons (Fsp3) is 0.353. The Hall–Kier alpha value is -1.72. The van der Waals surface area contributed by atoms with Crippen LogP contribution in [0.5, 0.6) is 0 Å². The Morgan fingerprint density at radius 3 is 3.05 bits per heavy atom. The molecule has 1 aromatic carbocycles. The highest BCUT2D eigenvalue weighted by atomic mass is 32.1. The number of piperazine rings is 1. The number of hydrogen-bond donors (Lipinski definition) is 1. The lowest BCUT2D eigenvalue weighted by Gasteiger charge is -2.36. The van der Waals surface area contributed by atoms with Crippen LogP contribution in [0.4, 0.5) is 10.1 Å². The molecule has 0 spiro atoms. The van der Waals surface area contributed by atoms with Crippen LogP contribution in [0.2, 0.25) is 0 Å². The maximum atomic E-state index is 14.6. The molecule has 0 bridgehead atoms. The van der Waals surface area contributed by atoms with Crippen molar-refractivity contribution in [3.63, 3.8) is 0 Å². The highest BCUT2D eigenvalue weighted by molar-refractivity contribution is 7.71. The Kier molecular flexibility index (Phi) is 4.27. The molecule has 1 aliphatic heterocycles. The van der Waals surface area contributed by atoms with Gasteiger partial charge in [-0.3, -0.25) is 0 Å². The summed E-state index contributed by atoms with van der Waals surface area (Å²) in [6.45, 7) is 9.11. The second-order valence-electron chi connectivity index (χ2n) is 5.69. The van der Waals surface area contributed by atoms with Gasteiger partial charge in [-0.15, -0.1) is 6.58 Å². The number of anilines is 1. The lowest BCUT2D eigenvalue weighted by Crippen LogP contribution is -2.50. The first-order valence-electron chi connectivity index (χ1n) is 7.53. The zero-order chi connectivity index (χ0) is 15.7. The maximum absolute atomic E-state index is 14.6. The summed E-state index contributed by atoms with van der Waals surface area (Å²) in [5.74, 6) is -0.205. The predicted molar refractivity (Wildman–Crippen MR) is 92.6 cm³/mol. The molecule has 1 N–H and O–H groups in total. The Labute approximate surface area is 135 Å². The van der Waals surface area contributed by atoms with E-state index in [0.717, 1.165) is 30.5 Å². The van der Waals surface area contributed by atoms with Crippen molar-refractivity contribution in [2.75, 3.05) is 24.5 Å². The van der Waals surface area contributed by atoms with E-state index in [1.807, 2.05) is 29.0 Å². The van der Waals surface area contributed by atoms with E-state index in [9.17, 15) is 4.39 Å². The monoisotopic (exact) mass is 317 g/mol. The van der Waals surface area contributed by atoms with E-state index in [2.05, 4.69) is 23.7 Å². The number of halogens is 1. The zero-order valence-corrected chi connectivity index (χ0v) is 13.5. The molecule has 0 aliphatic carbocycles. The van der Waals surface area contributed by atoms with Crippen LogP contribution in [0.1, 0.15) is 6.92 Å². The maximum Gasteiger partial charge on any atom is 0.147 e. The van der Waals surface area contributed by atoms with Crippen molar-refractivity contribution < 1.29 is 4.39 Å². The Bertz CT molecular complexity index is 768. The third-order valence-corrected chi connectivity index (χ3v) is 4.54. The average Bonchev–Trinajstić information content (AvgIpc) is 2.51. The van der Waals surface area contributed by atoms with Crippen LogP contribution in [-0.4, -0.2) is 30.2 Å². The molecule has 3 rings (SSSR count). The summed E-state index contributed by atoms with van der Waals surface area (Å²) in [7, 11) is 0. The van der Waals surface area contributed by atoms with Crippen LogP contribution in [-0.2, 0) is 6.54 Å². The first-order chi connectivity index (χ1) is 10.6. The van der Waals surface area contributed by atoms with E-state index >= 15 is 0 Å². The van der Waals surface area contributed by atoms with Gasteiger partial charge in [-0.25, -0.2) is 4.39 Å². The van der Waals surface area contributed by atoms with Crippen LogP contribution >= 0.6 is 12.2 Å². The minimum atomic E-state index is -0.205. The molecule has 2 aromatic rings. The summed E-state index contributed by atoms with van der Waals surface area (Å²) in [6.07, 6.45) is 3.77. The van der Waals surface area contributed by atoms with E-state index < -0.39 is 0 Å². The number of allylic oxidation sites excluding steroid dienone is 1. The van der Waals surface area contributed by atoms with Gasteiger partial charge in [0.15, 0.2) is 0 Å². The van der Waals surface area contributed by atoms with Crippen molar-refractivity contribution in [2.24, 2.45) is 0 Å². The van der Waals surface area contributed by atoms with Crippen molar-refractivity contribution in [1.29, 1.82) is 0 Å². The molecule has 2 heterocycles. The molecule has 1 aliphatic rings. The third-order valence-electron chi connectivity index (χ3n) is 4.18. The minimum Gasteiger partial charge on any atom is -0.364 e. The molecule has 3 nitrogen and oxygen atoms in total. The highest BCUT2D eigenvalue weighted by Crippen LogP contribution is 2.28. The van der Waals surface area contributed by atoms with Crippen LogP contribution < -0.4 is 10.2 Å². The topological polar surface area (TPSA) is 20.2 Å². The molecule has 22 heavy (non-hydrogen) atoms. The number of aromatic nitrogens is 1. The molecule has 1 unspecified atom stereocenters. The number of hydrogen-bond acceptors (Lipinski definition) is 3. The van der Waals surface area contributed by atoms with Crippen molar-refractivity contribution in [3.05, 3.63) is 47.4 Å². The van der Waals surface area contributed by atoms with Gasteiger partial charge < -0.3 is 14.8 Å². The SMILES string of the molecule is C=CCn1ccc(=S)c2cc(F)c(N3CCNCC3C)cc21. The molecule has 1 atom stereocenters. The van der Waals surface area contributed by atoms with Crippen molar-refractivity contribution in [1.82, 2.24) is 9.88 Å². The van der Waals surface area contributed by atoms with Crippen LogP contribution in [0.25, 0.3) is 10.9 Å². The largest absolute Gasteiger partial charge is 0.364 e. The van der Waals surface area contributed by atoms with Crippen LogP contribution in [0.3, 0.4) is 0 Å². The van der Waals surface area contributed by atoms with Crippen molar-refractivity contribution in [2.45, 2.75) is 19.5 Å². The molecule has 1 aromatic heterocycles. The van der Waals surface area contributed by atoms with E-state index in [4.69, 9.17) is 12.2 Å². The molecule has 116 valence electrons. The number of nitrogens with one attached hydrogen (secondary N) is 1. The first-order valence-corrected chi connectivity index (χ1v) is 7.93. The van der Waals surface area contributed by atoms with Gasteiger partial charge in [0.05, 0.1) is 11.2 Å². The second kappa shape index (κ2) is 6.18. The van der Waals surface area contributed by atoms with Gasteiger partial charge in [0.1, 0.15) is 5.82 Å². The van der Waals surface area contributed by atoms with Crippen molar-refractivity contribution >= 4 is 28.8 Å². The Morgan fingerprint density at radius 2 is 2.32 bits per heavy atom. The molecule has 1 fully saturated rings. The molecular formula is C17H20FN3S. The highest BCUT2D eigenvalue weighted by Gasteiger charge is 2.22. The quantitative estimate of drug-likeness (QED) is 0.691. The van der Waals surface area contributed by atoms with E-state index in [-0.39, 0.29) is 11.9 Å². The van der Waals surface area contributed by atoms with Crippen LogP contribution in [0.15, 0.2) is 37.1 Å². The molecule has 0 amide bonds. The summed E-state index contributed by atoms with van der Waals surface area (Å²) in [6, 6.07) is 5.60. The fourth-order valence-corrected chi connectivity index (χ4v) is 3.26. The van der Waals surface area contributed by atoms with Gasteiger partial charge in [0, 0.05) is 48.3 Å². The lowest BCUT2D eigenvalue weighted by atomic mass is 10.1. The molecular weight excluding hydrogens is 297 g/mol. The fourth-order valence-electron chi connectivity index (χ4n) is 3.03. The van der Waals surface area contributed by atoms with E-state index in [0.29, 0.717) is 16.7 Å². The van der Waals surface area contributed by atoms with Gasteiger partial charge in [0.25, 0.3) is 0 Å². The summed E-state index contributed by atoms with van der Waals surface area (Å²) in [5.41, 5.74) is 1.61. The van der Waals surface area contributed by atoms with Gasteiger partial charge in [-0.05, 0) is 25.1 Å². The third kappa shape index (κ3) is 2.66.